The molecule has 0 radical (unpaired) electrons. The molecule has 1 unspecified atom stereocenters. The minimum Gasteiger partial charge on any atom is -0.468 e. The van der Waals surface area contributed by atoms with Crippen molar-refractivity contribution in [3.63, 3.8) is 0 Å². The number of likely N-dealkylation sites (N-methyl/N-ethyl adjacent to an activating group) is 2. The maximum atomic E-state index is 11.4. The Morgan fingerprint density at radius 2 is 2.06 bits per heavy atom. The molecule has 0 heterocycles. The van der Waals surface area contributed by atoms with Gasteiger partial charge in [-0.25, -0.2) is 0 Å². The van der Waals surface area contributed by atoms with Gasteiger partial charge in [0.25, 0.3) is 0 Å². The Kier molecular flexibility index (Phi) is 6.39. The molecule has 0 saturated carbocycles. The second kappa shape index (κ2) is 7.84. The zero-order valence-electron chi connectivity index (χ0n) is 11.3. The molecule has 100 valence electrons. The summed E-state index contributed by atoms with van der Waals surface area (Å²) in [6, 6.07) is 10.1. The number of benzene rings is 1. The van der Waals surface area contributed by atoms with Crippen LogP contribution in [0.5, 0.6) is 0 Å². The van der Waals surface area contributed by atoms with Crippen molar-refractivity contribution in [2.45, 2.75) is 12.5 Å². The molecule has 0 aliphatic carbocycles. The summed E-state index contributed by atoms with van der Waals surface area (Å²) < 4.78 is 4.74. The lowest BCUT2D eigenvalue weighted by Gasteiger charge is -2.22. The van der Waals surface area contributed by atoms with Crippen LogP contribution in [0.1, 0.15) is 5.56 Å². The minimum atomic E-state index is -0.268. The Balaban J connectivity index is 2.36. The van der Waals surface area contributed by atoms with Crippen LogP contribution in [0.2, 0.25) is 0 Å². The summed E-state index contributed by atoms with van der Waals surface area (Å²) >= 11 is 0. The largest absolute Gasteiger partial charge is 0.468 e. The van der Waals surface area contributed by atoms with Gasteiger partial charge in [-0.1, -0.05) is 30.3 Å². The summed E-state index contributed by atoms with van der Waals surface area (Å²) in [5, 5.41) is 2.97. The van der Waals surface area contributed by atoms with E-state index in [4.69, 9.17) is 4.74 Å². The normalized spacial score (nSPS) is 12.4. The highest BCUT2D eigenvalue weighted by Crippen LogP contribution is 2.01. The molecular weight excluding hydrogens is 228 g/mol. The third-order valence-corrected chi connectivity index (χ3v) is 2.95. The second-order valence-electron chi connectivity index (χ2n) is 4.36. The standard InChI is InChI=1S/C14H22N2O2/c1-15-13(14(17)18-3)11-16(2)10-9-12-7-5-4-6-8-12/h4-8,13,15H,9-11H2,1-3H3. The van der Waals surface area contributed by atoms with Crippen molar-refractivity contribution in [3.05, 3.63) is 35.9 Å². The second-order valence-corrected chi connectivity index (χ2v) is 4.36. The number of ether oxygens (including phenoxy) is 1. The molecule has 4 nitrogen and oxygen atoms in total. The molecule has 0 aliphatic heterocycles. The fourth-order valence-electron chi connectivity index (χ4n) is 1.79. The highest BCUT2D eigenvalue weighted by molar-refractivity contribution is 5.75. The zero-order valence-corrected chi connectivity index (χ0v) is 11.3. The van der Waals surface area contributed by atoms with Gasteiger partial charge in [-0.2, -0.15) is 0 Å². The first-order valence-electron chi connectivity index (χ1n) is 6.15. The van der Waals surface area contributed by atoms with Gasteiger partial charge in [0.1, 0.15) is 6.04 Å². The number of hydrogen-bond acceptors (Lipinski definition) is 4. The summed E-state index contributed by atoms with van der Waals surface area (Å²) in [5.41, 5.74) is 1.31. The van der Waals surface area contributed by atoms with Gasteiger partial charge in [0.05, 0.1) is 7.11 Å². The SMILES string of the molecule is CNC(CN(C)CCc1ccccc1)C(=O)OC. The Bertz CT molecular complexity index is 354. The molecular formula is C14H22N2O2. The first-order valence-corrected chi connectivity index (χ1v) is 6.15. The molecule has 0 aromatic heterocycles. The van der Waals surface area contributed by atoms with Crippen LogP contribution in [0.4, 0.5) is 0 Å². The van der Waals surface area contributed by atoms with E-state index in [0.29, 0.717) is 6.54 Å². The van der Waals surface area contributed by atoms with Crippen molar-refractivity contribution >= 4 is 5.97 Å². The summed E-state index contributed by atoms with van der Waals surface area (Å²) in [5.74, 6) is -0.218. The molecule has 0 amide bonds. The molecule has 0 aliphatic rings. The number of esters is 1. The van der Waals surface area contributed by atoms with E-state index < -0.39 is 0 Å². The molecule has 1 aromatic rings. The number of nitrogens with zero attached hydrogens (tertiary/aromatic N) is 1. The lowest BCUT2D eigenvalue weighted by atomic mass is 10.1. The van der Waals surface area contributed by atoms with E-state index in [1.807, 2.05) is 25.2 Å². The van der Waals surface area contributed by atoms with Crippen molar-refractivity contribution < 1.29 is 9.53 Å². The minimum absolute atomic E-state index is 0.218. The lowest BCUT2D eigenvalue weighted by molar-refractivity contribution is -0.143. The van der Waals surface area contributed by atoms with Gasteiger partial charge in [0, 0.05) is 13.1 Å². The van der Waals surface area contributed by atoms with E-state index in [2.05, 4.69) is 22.3 Å². The highest BCUT2D eigenvalue weighted by Gasteiger charge is 2.18. The zero-order chi connectivity index (χ0) is 13.4. The Morgan fingerprint density at radius 1 is 1.39 bits per heavy atom. The molecule has 1 rings (SSSR count). The fourth-order valence-corrected chi connectivity index (χ4v) is 1.79. The summed E-state index contributed by atoms with van der Waals surface area (Å²) in [6.07, 6.45) is 0.981. The number of nitrogens with one attached hydrogen (secondary N) is 1. The van der Waals surface area contributed by atoms with Crippen LogP contribution in [-0.2, 0) is 16.0 Å². The predicted octanol–water partition coefficient (Wildman–Crippen LogP) is 0.922. The molecule has 18 heavy (non-hydrogen) atoms. The Morgan fingerprint density at radius 3 is 2.61 bits per heavy atom. The molecule has 0 fully saturated rings. The maximum absolute atomic E-state index is 11.4. The maximum Gasteiger partial charge on any atom is 0.324 e. The van der Waals surface area contributed by atoms with Crippen LogP contribution in [0.25, 0.3) is 0 Å². The molecule has 0 spiro atoms. The molecule has 0 saturated heterocycles. The molecule has 1 atom stereocenters. The fraction of sp³-hybridized carbons (Fsp3) is 0.500. The van der Waals surface area contributed by atoms with Gasteiger partial charge in [0.15, 0.2) is 0 Å². The first-order chi connectivity index (χ1) is 8.67. The quantitative estimate of drug-likeness (QED) is 0.731. The third kappa shape index (κ3) is 4.85. The first kappa shape index (κ1) is 14.7. The van der Waals surface area contributed by atoms with E-state index in [9.17, 15) is 4.79 Å². The van der Waals surface area contributed by atoms with Gasteiger partial charge >= 0.3 is 5.97 Å². The van der Waals surface area contributed by atoms with Gasteiger partial charge in [0.2, 0.25) is 0 Å². The van der Waals surface area contributed by atoms with Crippen LogP contribution in [0.3, 0.4) is 0 Å². The van der Waals surface area contributed by atoms with Crippen LogP contribution < -0.4 is 5.32 Å². The van der Waals surface area contributed by atoms with Crippen LogP contribution >= 0.6 is 0 Å². The van der Waals surface area contributed by atoms with Crippen LogP contribution in [0.15, 0.2) is 30.3 Å². The number of carbonyl (C=O) groups is 1. The van der Waals surface area contributed by atoms with Crippen molar-refractivity contribution in [3.8, 4) is 0 Å². The number of carbonyl (C=O) groups excluding carboxylic acids is 1. The highest BCUT2D eigenvalue weighted by atomic mass is 16.5. The number of hydrogen-bond donors (Lipinski definition) is 1. The van der Waals surface area contributed by atoms with Crippen molar-refractivity contribution in [2.24, 2.45) is 0 Å². The van der Waals surface area contributed by atoms with Crippen molar-refractivity contribution in [2.75, 3.05) is 34.3 Å². The van der Waals surface area contributed by atoms with Crippen molar-refractivity contribution in [1.29, 1.82) is 0 Å². The van der Waals surface area contributed by atoms with Crippen LogP contribution in [0, 0.1) is 0 Å². The molecule has 0 bridgehead atoms. The average Bonchev–Trinajstić information content (AvgIpc) is 2.42. The van der Waals surface area contributed by atoms with Gasteiger partial charge in [-0.15, -0.1) is 0 Å². The van der Waals surface area contributed by atoms with Gasteiger partial charge < -0.3 is 15.0 Å². The Labute approximate surface area is 109 Å². The van der Waals surface area contributed by atoms with E-state index in [0.717, 1.165) is 13.0 Å². The summed E-state index contributed by atoms with van der Waals surface area (Å²) in [4.78, 5) is 13.6. The molecule has 1 aromatic carbocycles. The van der Waals surface area contributed by atoms with Gasteiger partial charge in [-0.3, -0.25) is 4.79 Å². The summed E-state index contributed by atoms with van der Waals surface area (Å²) in [7, 11) is 5.19. The summed E-state index contributed by atoms with van der Waals surface area (Å²) in [6.45, 7) is 1.56. The van der Waals surface area contributed by atoms with Crippen molar-refractivity contribution in [1.82, 2.24) is 10.2 Å². The van der Waals surface area contributed by atoms with E-state index in [1.165, 1.54) is 12.7 Å². The average molecular weight is 250 g/mol. The topological polar surface area (TPSA) is 41.6 Å². The number of rotatable bonds is 7. The third-order valence-electron chi connectivity index (χ3n) is 2.95. The predicted molar refractivity (Wildman–Crippen MR) is 72.5 cm³/mol. The van der Waals surface area contributed by atoms with E-state index in [-0.39, 0.29) is 12.0 Å². The van der Waals surface area contributed by atoms with Crippen LogP contribution in [-0.4, -0.2) is 51.2 Å². The monoisotopic (exact) mass is 250 g/mol. The molecule has 1 N–H and O–H groups in total. The smallest absolute Gasteiger partial charge is 0.324 e. The lowest BCUT2D eigenvalue weighted by Crippen LogP contribution is -2.44. The van der Waals surface area contributed by atoms with Gasteiger partial charge in [-0.05, 0) is 26.1 Å². The van der Waals surface area contributed by atoms with E-state index >= 15 is 0 Å². The molecule has 4 heteroatoms. The van der Waals surface area contributed by atoms with E-state index in [1.54, 1.807) is 7.05 Å². The number of methoxy groups -OCH3 is 1. The Hall–Kier alpha value is -1.39.